The van der Waals surface area contributed by atoms with E-state index in [1.54, 1.807) is 24.3 Å². The van der Waals surface area contributed by atoms with Crippen LogP contribution in [0.5, 0.6) is 0 Å². The number of thiophene rings is 1. The standard InChI is InChI=1S/C15H11N3O3S/c1-17-15(19)11(9-16)8-13-5-6-14(22-13)10-3-2-4-12(7-10)18(20)21/h2-8H,1H3,(H,17,19)/b11-8+. The average molecular weight is 313 g/mol. The van der Waals surface area contributed by atoms with Crippen LogP contribution in [0.15, 0.2) is 42.0 Å². The Morgan fingerprint density at radius 2 is 2.18 bits per heavy atom. The van der Waals surface area contributed by atoms with Crippen molar-refractivity contribution in [2.75, 3.05) is 7.05 Å². The molecule has 0 spiro atoms. The lowest BCUT2D eigenvalue weighted by molar-refractivity contribution is -0.384. The molecule has 1 heterocycles. The predicted molar refractivity (Wildman–Crippen MR) is 84.1 cm³/mol. The molecule has 0 aliphatic heterocycles. The largest absolute Gasteiger partial charge is 0.354 e. The van der Waals surface area contributed by atoms with Crippen molar-refractivity contribution in [1.29, 1.82) is 5.26 Å². The number of nitro groups is 1. The van der Waals surface area contributed by atoms with E-state index in [1.807, 2.05) is 6.07 Å². The summed E-state index contributed by atoms with van der Waals surface area (Å²) in [5.41, 5.74) is 0.748. The van der Waals surface area contributed by atoms with Crippen LogP contribution in [0, 0.1) is 21.4 Å². The number of non-ortho nitro benzene ring substituents is 1. The Kier molecular flexibility index (Phi) is 4.66. The third kappa shape index (κ3) is 3.37. The van der Waals surface area contributed by atoms with Crippen LogP contribution in [0.2, 0.25) is 0 Å². The van der Waals surface area contributed by atoms with Crippen molar-refractivity contribution in [2.24, 2.45) is 0 Å². The third-order valence-corrected chi connectivity index (χ3v) is 3.93. The monoisotopic (exact) mass is 313 g/mol. The molecule has 0 aliphatic carbocycles. The van der Waals surface area contributed by atoms with Crippen LogP contribution in [0.4, 0.5) is 5.69 Å². The van der Waals surface area contributed by atoms with Gasteiger partial charge in [-0.3, -0.25) is 14.9 Å². The van der Waals surface area contributed by atoms with E-state index < -0.39 is 10.8 Å². The van der Waals surface area contributed by atoms with Gasteiger partial charge in [0.25, 0.3) is 11.6 Å². The first-order chi connectivity index (χ1) is 10.5. The topological polar surface area (TPSA) is 96.0 Å². The van der Waals surface area contributed by atoms with Gasteiger partial charge in [0, 0.05) is 28.9 Å². The molecule has 0 unspecified atom stereocenters. The Bertz CT molecular complexity index is 802. The van der Waals surface area contributed by atoms with E-state index >= 15 is 0 Å². The number of hydrogen-bond donors (Lipinski definition) is 1. The Morgan fingerprint density at radius 3 is 2.82 bits per heavy atom. The van der Waals surface area contributed by atoms with Gasteiger partial charge in [0.05, 0.1) is 4.92 Å². The molecule has 1 aromatic carbocycles. The van der Waals surface area contributed by atoms with Crippen molar-refractivity contribution in [3.8, 4) is 16.5 Å². The summed E-state index contributed by atoms with van der Waals surface area (Å²) in [7, 11) is 1.45. The number of rotatable bonds is 4. The van der Waals surface area contributed by atoms with Gasteiger partial charge in [-0.05, 0) is 23.8 Å². The van der Waals surface area contributed by atoms with Crippen molar-refractivity contribution < 1.29 is 9.72 Å². The molecule has 0 radical (unpaired) electrons. The second kappa shape index (κ2) is 6.65. The molecule has 1 amide bonds. The summed E-state index contributed by atoms with van der Waals surface area (Å²) in [5, 5.41) is 22.2. The summed E-state index contributed by atoms with van der Waals surface area (Å²) in [6.07, 6.45) is 1.49. The van der Waals surface area contributed by atoms with E-state index in [4.69, 9.17) is 5.26 Å². The van der Waals surface area contributed by atoms with Gasteiger partial charge in [-0.25, -0.2) is 0 Å². The molecule has 0 bridgehead atoms. The molecular weight excluding hydrogens is 302 g/mol. The molecule has 110 valence electrons. The van der Waals surface area contributed by atoms with Crippen LogP contribution in [0.3, 0.4) is 0 Å². The first-order valence-electron chi connectivity index (χ1n) is 6.23. The maximum atomic E-state index is 11.5. The zero-order chi connectivity index (χ0) is 16.1. The van der Waals surface area contributed by atoms with Gasteiger partial charge >= 0.3 is 0 Å². The number of nitrogens with one attached hydrogen (secondary N) is 1. The van der Waals surface area contributed by atoms with Crippen molar-refractivity contribution in [3.63, 3.8) is 0 Å². The fourth-order valence-electron chi connectivity index (χ4n) is 1.78. The fraction of sp³-hybridized carbons (Fsp3) is 0.0667. The maximum Gasteiger partial charge on any atom is 0.270 e. The van der Waals surface area contributed by atoms with Gasteiger partial charge < -0.3 is 5.32 Å². The molecule has 0 fully saturated rings. The molecule has 6 nitrogen and oxygen atoms in total. The lowest BCUT2D eigenvalue weighted by Gasteiger charge is -1.97. The van der Waals surface area contributed by atoms with Crippen molar-refractivity contribution in [2.45, 2.75) is 0 Å². The van der Waals surface area contributed by atoms with Crippen molar-refractivity contribution >= 4 is 29.0 Å². The van der Waals surface area contributed by atoms with Crippen LogP contribution in [0.1, 0.15) is 4.88 Å². The van der Waals surface area contributed by atoms with E-state index in [2.05, 4.69) is 5.32 Å². The van der Waals surface area contributed by atoms with E-state index in [-0.39, 0.29) is 11.3 Å². The summed E-state index contributed by atoms with van der Waals surface area (Å²) >= 11 is 1.35. The molecule has 1 N–H and O–H groups in total. The molecule has 0 aliphatic rings. The smallest absolute Gasteiger partial charge is 0.270 e. The van der Waals surface area contributed by atoms with E-state index in [0.717, 1.165) is 15.3 Å². The van der Waals surface area contributed by atoms with Crippen LogP contribution < -0.4 is 5.32 Å². The molecule has 0 atom stereocenters. The van der Waals surface area contributed by atoms with Gasteiger partial charge in [-0.1, -0.05) is 12.1 Å². The number of nitriles is 1. The first kappa shape index (κ1) is 15.4. The van der Waals surface area contributed by atoms with Gasteiger partial charge in [0.15, 0.2) is 0 Å². The number of carbonyl (C=O) groups excluding carboxylic acids is 1. The molecule has 1 aromatic heterocycles. The van der Waals surface area contributed by atoms with E-state index in [9.17, 15) is 14.9 Å². The maximum absolute atomic E-state index is 11.5. The zero-order valence-corrected chi connectivity index (χ0v) is 12.4. The number of carbonyl (C=O) groups is 1. The van der Waals surface area contributed by atoms with Crippen molar-refractivity contribution in [1.82, 2.24) is 5.32 Å². The highest BCUT2D eigenvalue weighted by Gasteiger charge is 2.10. The van der Waals surface area contributed by atoms with Gasteiger partial charge in [-0.2, -0.15) is 5.26 Å². The fourth-order valence-corrected chi connectivity index (χ4v) is 2.73. The third-order valence-electron chi connectivity index (χ3n) is 2.85. The highest BCUT2D eigenvalue weighted by molar-refractivity contribution is 7.16. The summed E-state index contributed by atoms with van der Waals surface area (Å²) in [5.74, 6) is -0.451. The number of nitrogens with zero attached hydrogens (tertiary/aromatic N) is 2. The molecule has 0 saturated heterocycles. The SMILES string of the molecule is CNC(=O)/C(C#N)=C/c1ccc(-c2cccc([N+](=O)[O-])c2)s1. The number of amides is 1. The highest BCUT2D eigenvalue weighted by Crippen LogP contribution is 2.31. The highest BCUT2D eigenvalue weighted by atomic mass is 32.1. The minimum absolute atomic E-state index is 0.00921. The number of benzene rings is 1. The predicted octanol–water partition coefficient (Wildman–Crippen LogP) is 2.98. The molecule has 0 saturated carbocycles. The molecular formula is C15H11N3O3S. The molecule has 22 heavy (non-hydrogen) atoms. The first-order valence-corrected chi connectivity index (χ1v) is 7.05. The van der Waals surface area contributed by atoms with Gasteiger partial charge in [0.2, 0.25) is 0 Å². The molecule has 2 rings (SSSR count). The zero-order valence-electron chi connectivity index (χ0n) is 11.6. The Hall–Kier alpha value is -2.98. The van der Waals surface area contributed by atoms with E-state index in [0.29, 0.717) is 0 Å². The number of hydrogen-bond acceptors (Lipinski definition) is 5. The van der Waals surface area contributed by atoms with E-state index in [1.165, 1.54) is 36.6 Å². The number of likely N-dealkylation sites (N-methyl/N-ethyl adjacent to an activating group) is 1. The average Bonchev–Trinajstić information content (AvgIpc) is 3.00. The second-order valence-electron chi connectivity index (χ2n) is 4.26. The van der Waals surface area contributed by atoms with Gasteiger partial charge in [0.1, 0.15) is 11.6 Å². The minimum atomic E-state index is -0.451. The quantitative estimate of drug-likeness (QED) is 0.406. The number of nitro benzene ring substituents is 1. The van der Waals surface area contributed by atoms with Crippen LogP contribution in [0.25, 0.3) is 16.5 Å². The minimum Gasteiger partial charge on any atom is -0.354 e. The molecule has 7 heteroatoms. The summed E-state index contributed by atoms with van der Waals surface area (Å²) in [6, 6.07) is 11.7. The van der Waals surface area contributed by atoms with Gasteiger partial charge in [-0.15, -0.1) is 11.3 Å². The molecule has 2 aromatic rings. The second-order valence-corrected chi connectivity index (χ2v) is 5.37. The van der Waals surface area contributed by atoms with Crippen LogP contribution in [-0.2, 0) is 4.79 Å². The summed E-state index contributed by atoms with van der Waals surface area (Å²) in [4.78, 5) is 23.4. The summed E-state index contributed by atoms with van der Waals surface area (Å²) in [6.45, 7) is 0. The summed E-state index contributed by atoms with van der Waals surface area (Å²) < 4.78 is 0. The van der Waals surface area contributed by atoms with Crippen LogP contribution in [-0.4, -0.2) is 17.9 Å². The lowest BCUT2D eigenvalue weighted by atomic mass is 10.1. The lowest BCUT2D eigenvalue weighted by Crippen LogP contribution is -2.18. The Labute approximate surface area is 130 Å². The van der Waals surface area contributed by atoms with Crippen molar-refractivity contribution in [3.05, 3.63) is 57.0 Å². The Balaban J connectivity index is 2.34. The normalized spacial score (nSPS) is 10.8. The Morgan fingerprint density at radius 1 is 1.41 bits per heavy atom. The van der Waals surface area contributed by atoms with Crippen LogP contribution >= 0.6 is 11.3 Å².